The van der Waals surface area contributed by atoms with E-state index in [0.29, 0.717) is 41.5 Å². The normalized spacial score (nSPS) is 25.4. The second-order valence-corrected chi connectivity index (χ2v) is 142. The van der Waals surface area contributed by atoms with Crippen molar-refractivity contribution >= 4 is 563 Å². The van der Waals surface area contributed by atoms with E-state index in [0.717, 1.165) is 44.5 Å². The zero-order valence-electron chi connectivity index (χ0n) is 71.7. The van der Waals surface area contributed by atoms with Gasteiger partial charge in [0.25, 0.3) is 0 Å². The summed E-state index contributed by atoms with van der Waals surface area (Å²) in [6, 6.07) is 62.7. The number of hydrogen-bond donors (Lipinski definition) is 0. The Hall–Kier alpha value is 7.95. The summed E-state index contributed by atoms with van der Waals surface area (Å²) in [5, 5.41) is 5.53. The Morgan fingerprint density at radius 3 is 0.273 bits per heavy atom. The smallest absolute Gasteiger partial charge is 0.391 e. The third-order valence-corrected chi connectivity index (χ3v) is 94.4. The molecule has 132 heavy (non-hydrogen) atoms. The van der Waals surface area contributed by atoms with E-state index in [2.05, 4.69) is 382 Å². The Morgan fingerprint density at radius 1 is 0.144 bits per heavy atom. The number of hydrogen-bond acceptors (Lipinski definition) is 20. The maximum Gasteiger partial charge on any atom is 0.651 e. The second kappa shape index (κ2) is 41.7. The molecule has 6 heterocycles. The fraction of sp³-hybridized carbons (Fsp3) is 0.333. The average molecular weight is 3630 g/mol. The molecule has 0 atom stereocenters. The van der Waals surface area contributed by atoms with Gasteiger partial charge in [-0.15, -0.1) is 0 Å². The summed E-state index contributed by atoms with van der Waals surface area (Å²) in [5.74, 6) is 0. The molecule has 0 N–H and O–H groups in total. The number of rotatable bonds is 24. The van der Waals surface area contributed by atoms with E-state index >= 15 is 0 Å². The molecule has 0 amide bonds. The summed E-state index contributed by atoms with van der Waals surface area (Å²) >= 11 is 90.8. The highest BCUT2D eigenvalue weighted by Gasteiger charge is 2.93. The average Bonchev–Trinajstić information content (AvgIpc) is 0.672. The van der Waals surface area contributed by atoms with Crippen molar-refractivity contribution in [2.24, 2.45) is 0 Å². The van der Waals surface area contributed by atoms with Crippen LogP contribution in [0.25, 0.3) is 0 Å². The molecular formula is C72H80Br24O20Si16. The van der Waals surface area contributed by atoms with Gasteiger partial charge in [-0.3, -0.25) is 0 Å². The van der Waals surface area contributed by atoms with Crippen molar-refractivity contribution < 1.29 is 82.3 Å². The fourth-order valence-electron chi connectivity index (χ4n) is 14.3. The molecule has 0 saturated carbocycles. The molecule has 720 valence electrons. The van der Waals surface area contributed by atoms with Crippen LogP contribution < -0.4 is 41.5 Å². The lowest BCUT2D eigenvalue weighted by molar-refractivity contribution is -0.129. The fourth-order valence-corrected chi connectivity index (χ4v) is 92.9. The molecule has 0 spiro atoms. The molecule has 6 saturated heterocycles. The van der Waals surface area contributed by atoms with Crippen LogP contribution in [0.2, 0.25) is 105 Å². The van der Waals surface area contributed by atoms with Crippen LogP contribution in [0.4, 0.5) is 0 Å². The quantitative estimate of drug-likeness (QED) is 0.0410. The molecule has 0 unspecified atom stereocenters. The van der Waals surface area contributed by atoms with Gasteiger partial charge in [0.1, 0.15) is 0 Å². The third kappa shape index (κ3) is 28.0. The monoisotopic (exact) mass is 3610 g/mol. The van der Waals surface area contributed by atoms with Crippen LogP contribution in [-0.4, -0.2) is 139 Å². The van der Waals surface area contributed by atoms with Gasteiger partial charge < -0.3 is 82.3 Å². The minimum Gasteiger partial charge on any atom is -0.391 e. The molecule has 14 rings (SSSR count). The van der Waals surface area contributed by atoms with Gasteiger partial charge in [-0.05, 0) is 191 Å². The molecule has 8 aromatic rings. The van der Waals surface area contributed by atoms with E-state index in [9.17, 15) is 0 Å². The van der Waals surface area contributed by atoms with Crippen molar-refractivity contribution in [3.05, 3.63) is 239 Å². The largest absolute Gasteiger partial charge is 0.651 e. The zero-order chi connectivity index (χ0) is 98.0. The van der Waals surface area contributed by atoms with E-state index in [1.807, 2.05) is 299 Å². The third-order valence-electron chi connectivity index (χ3n) is 21.3. The summed E-state index contributed by atoms with van der Waals surface area (Å²) in [6.45, 7) is 31.6. The van der Waals surface area contributed by atoms with Crippen molar-refractivity contribution in [3.63, 3.8) is 0 Å². The number of halogens is 24. The molecule has 0 radical (unpaired) electrons. The lowest BCUT2D eigenvalue weighted by Gasteiger charge is -2.61. The van der Waals surface area contributed by atoms with Crippen molar-refractivity contribution in [1.29, 1.82) is 0 Å². The maximum atomic E-state index is 8.59. The predicted molar refractivity (Wildman–Crippen MR) is 644 cm³/mol. The SMILES string of the molecule is C[Si](C)(O[Si]12O[Si]3(O[Si](C)(C)c4ccc(C(Br)(Br)Br)cc4)O[Si]4(O[Si](C)(C)c5ccc(C(Br)(Br)Br)cc5)O[Si](O[Si](C)(C)c5ccc(C(Br)(Br)Br)cc5)(O1)O[Si]1(O[Si](C)(C)c5ccc(C(Br)(Br)Br)cc5)O[Si](O[Si](C)(C)c5ccc(C(Br)(Br)Br)cc5)(O2)O[Si](O[Si](C)(C)c2ccc(C(Br)(Br)Br)cc2)(O3)O[Si](O[Si](C)(C)c2ccc(C(Br)(Br)Br)cc2)(O4)O1)c1ccc(C(Br)(Br)Br)cc1. The van der Waals surface area contributed by atoms with Crippen LogP contribution >= 0.6 is 382 Å². The molecule has 8 bridgehead atoms. The first kappa shape index (κ1) is 117. The first-order valence-electron chi connectivity index (χ1n) is 39.3. The van der Waals surface area contributed by atoms with E-state index in [1.165, 1.54) is 0 Å². The highest BCUT2D eigenvalue weighted by Crippen LogP contribution is 2.57. The van der Waals surface area contributed by atoms with Crippen molar-refractivity contribution in [2.75, 3.05) is 0 Å². The van der Waals surface area contributed by atoms with Gasteiger partial charge >= 0.3 is 72.4 Å². The summed E-state index contributed by atoms with van der Waals surface area (Å²) in [7, 11) is -80.4. The Morgan fingerprint density at radius 2 is 0.212 bits per heavy atom. The first-order valence-corrected chi connectivity index (χ1v) is 94.6. The van der Waals surface area contributed by atoms with Gasteiger partial charge in [-0.1, -0.05) is 576 Å². The molecule has 6 fully saturated rings. The standard InChI is InChI=1S/C72H80Br24O20Si16/c1-117(2,57-33-17-49(18-34-57)65(73,74)75)97-125-105-126(98-118(3,4)58-35-19-50(20-36-58)66(76,77)78)108-129(101-121(9,10)61-41-25-53(26-42-61)69(85,86)87)110-127(106-125,99-119(5,6)59-37-21-51(22-38-59)67(79,80)81)112-131(103-123(13,14)63-45-29-55(30-46-63)71(91,92)93)113-128(107-125,100-120(7,8)60-39-23-52(24-40-60)68(82,83)84)111-130(109-126,102-122(11,12)62-43-27-54(28-44-62)70(88,89)90)115-132(114-129,116-131)104-124(15,16)64-47-31-56(32-48-64)72(94,95)96/h17-48H,1-16H3. The molecular weight excluding hydrogens is 3550 g/mol. The van der Waals surface area contributed by atoms with Crippen molar-refractivity contribution in [1.82, 2.24) is 0 Å². The molecule has 6 aliphatic heterocycles. The van der Waals surface area contributed by atoms with Crippen molar-refractivity contribution in [3.8, 4) is 0 Å². The van der Waals surface area contributed by atoms with E-state index in [4.69, 9.17) is 82.3 Å². The highest BCUT2D eigenvalue weighted by atomic mass is 80.0. The predicted octanol–water partition coefficient (Wildman–Crippen LogP) is 27.1. The van der Waals surface area contributed by atoms with Crippen LogP contribution in [0.5, 0.6) is 0 Å². The minimum atomic E-state index is -6.09. The molecule has 0 aliphatic carbocycles. The van der Waals surface area contributed by atoms with E-state index in [-0.39, 0.29) is 0 Å². The van der Waals surface area contributed by atoms with Crippen LogP contribution in [0, 0.1) is 0 Å². The molecule has 8 aromatic carbocycles. The second-order valence-electron chi connectivity index (χ2n) is 34.7. The molecule has 6 aliphatic rings. The highest BCUT2D eigenvalue weighted by molar-refractivity contribution is 9.41. The van der Waals surface area contributed by atoms with Gasteiger partial charge in [-0.2, -0.15) is 0 Å². The van der Waals surface area contributed by atoms with Gasteiger partial charge in [0.05, 0.1) is 0 Å². The summed E-state index contributed by atoms with van der Waals surface area (Å²) in [5.41, 5.74) is 6.44. The molecule has 60 heteroatoms. The molecule has 0 aromatic heterocycles. The zero-order valence-corrected chi connectivity index (χ0v) is 126. The van der Waals surface area contributed by atoms with Crippen molar-refractivity contribution in [2.45, 2.75) is 122 Å². The minimum absolute atomic E-state index is 0.691. The Bertz CT molecular complexity index is 4430. The summed E-state index contributed by atoms with van der Waals surface area (Å²) in [6.07, 6.45) is 0. The maximum absolute atomic E-state index is 8.59. The van der Waals surface area contributed by atoms with Crippen LogP contribution in [0.3, 0.4) is 0 Å². The van der Waals surface area contributed by atoms with Gasteiger partial charge in [0, 0.05) is 0 Å². The summed E-state index contributed by atoms with van der Waals surface area (Å²) in [4.78, 5) is 0. The van der Waals surface area contributed by atoms with Crippen LogP contribution in [-0.2, 0) is 99.4 Å². The van der Waals surface area contributed by atoms with Gasteiger partial charge in [0.15, 0.2) is 17.1 Å². The van der Waals surface area contributed by atoms with Crippen LogP contribution in [0.15, 0.2) is 194 Å². The van der Waals surface area contributed by atoms with Gasteiger partial charge in [0.2, 0.25) is 66.5 Å². The topological polar surface area (TPSA) is 185 Å². The summed E-state index contributed by atoms with van der Waals surface area (Å²) < 4.78 is 163. The lowest BCUT2D eigenvalue weighted by atomic mass is 10.2. The van der Waals surface area contributed by atoms with E-state index < -0.39 is 156 Å². The Kier molecular flexibility index (Phi) is 36.9. The van der Waals surface area contributed by atoms with Crippen LogP contribution in [0.1, 0.15) is 44.5 Å². The first-order chi connectivity index (χ1) is 59.8. The lowest BCUT2D eigenvalue weighted by Crippen LogP contribution is -2.93. The number of benzene rings is 8. The Labute approximate surface area is 989 Å². The van der Waals surface area contributed by atoms with E-state index in [1.54, 1.807) is 0 Å². The number of alkyl halides is 24. The van der Waals surface area contributed by atoms with Gasteiger partial charge in [-0.25, -0.2) is 0 Å². The Balaban J connectivity index is 1.25. The molecule has 20 nitrogen and oxygen atoms in total.